The molecular weight excluding hydrogens is 665 g/mol. The Labute approximate surface area is 278 Å². The molecule has 2 aliphatic heterocycles. The fraction of sp³-hybridized carbons (Fsp3) is 0.290. The number of phenols is 1. The van der Waals surface area contributed by atoms with Gasteiger partial charge in [0.05, 0.1) is 43.8 Å². The van der Waals surface area contributed by atoms with Gasteiger partial charge in [-0.25, -0.2) is 9.37 Å². The summed E-state index contributed by atoms with van der Waals surface area (Å²) in [5, 5.41) is 23.5. The van der Waals surface area contributed by atoms with Crippen LogP contribution in [0.5, 0.6) is 5.75 Å². The maximum absolute atomic E-state index is 15.6. The van der Waals surface area contributed by atoms with E-state index in [0.29, 0.717) is 37.3 Å². The van der Waals surface area contributed by atoms with Crippen LogP contribution < -0.4 is 15.8 Å². The number of nitrogens with one attached hydrogen (secondary N) is 1. The van der Waals surface area contributed by atoms with Crippen molar-refractivity contribution in [3.8, 4) is 23.1 Å². The fourth-order valence-electron chi connectivity index (χ4n) is 5.72. The van der Waals surface area contributed by atoms with Crippen LogP contribution in [0, 0.1) is 23.1 Å². The Kier molecular flexibility index (Phi) is 9.11. The number of phenolic OH excluding ortho intramolecular Hbond substituents is 1. The van der Waals surface area contributed by atoms with Gasteiger partial charge in [0.2, 0.25) is 5.91 Å². The molecule has 1 saturated heterocycles. The molecule has 2 aliphatic rings. The van der Waals surface area contributed by atoms with Gasteiger partial charge in [-0.1, -0.05) is 66.8 Å². The quantitative estimate of drug-likeness (QED) is 0.176. The molecule has 0 aliphatic carbocycles. The van der Waals surface area contributed by atoms with Crippen molar-refractivity contribution < 1.29 is 14.3 Å². The fourth-order valence-corrected chi connectivity index (χ4v) is 6.57. The van der Waals surface area contributed by atoms with Gasteiger partial charge in [-0.05, 0) is 42.8 Å². The van der Waals surface area contributed by atoms with Crippen molar-refractivity contribution in [3.63, 3.8) is 0 Å². The summed E-state index contributed by atoms with van der Waals surface area (Å²) in [5.41, 5.74) is 0.0320. The highest BCUT2D eigenvalue weighted by atomic mass is 35.5. The number of carbonyl (C=O) groups is 1. The number of nitrogens with zero attached hydrogens (tertiary/aromatic N) is 5. The average molecular weight is 692 g/mol. The van der Waals surface area contributed by atoms with Crippen molar-refractivity contribution in [3.05, 3.63) is 78.4 Å². The highest BCUT2D eigenvalue weighted by Crippen LogP contribution is 2.48. The summed E-state index contributed by atoms with van der Waals surface area (Å²) in [5.74, 6) is -2.09. The highest BCUT2D eigenvalue weighted by molar-refractivity contribution is 6.49. The number of amides is 1. The number of pyridine rings is 2. The zero-order valence-electron chi connectivity index (χ0n) is 24.4. The monoisotopic (exact) mass is 690 g/mol. The number of dihydropyridines is 1. The molecule has 1 amide bonds. The summed E-state index contributed by atoms with van der Waals surface area (Å²) >= 11 is 25.1. The molecule has 1 atom stereocenters. The number of aromatic nitrogens is 2. The summed E-state index contributed by atoms with van der Waals surface area (Å²) < 4.78 is 17.0. The topological polar surface area (TPSA) is 114 Å². The summed E-state index contributed by atoms with van der Waals surface area (Å²) in [6.07, 6.45) is 4.81. The van der Waals surface area contributed by atoms with Gasteiger partial charge in [0.15, 0.2) is 5.82 Å². The van der Waals surface area contributed by atoms with Crippen LogP contribution in [0.4, 0.5) is 10.1 Å². The average Bonchev–Trinajstić information content (AvgIpc) is 3.02. The first kappa shape index (κ1) is 32.6. The molecule has 0 spiro atoms. The number of anilines is 1. The van der Waals surface area contributed by atoms with E-state index in [0.717, 1.165) is 5.57 Å². The first-order valence-electron chi connectivity index (χ1n) is 13.9. The van der Waals surface area contributed by atoms with Gasteiger partial charge in [-0.3, -0.25) is 14.2 Å². The summed E-state index contributed by atoms with van der Waals surface area (Å²) in [7, 11) is 0. The third kappa shape index (κ3) is 5.42. The number of nitriles is 1. The molecule has 4 heterocycles. The second kappa shape index (κ2) is 12.6. The molecule has 3 aromatic rings. The summed E-state index contributed by atoms with van der Waals surface area (Å²) in [6.45, 7) is 10.5. The normalized spacial score (nSPS) is 16.8. The molecule has 45 heavy (non-hydrogen) atoms. The molecule has 0 bridgehead atoms. The second-order valence-corrected chi connectivity index (χ2v) is 12.5. The Morgan fingerprint density at radius 1 is 1.20 bits per heavy atom. The van der Waals surface area contributed by atoms with Crippen LogP contribution in [0.2, 0.25) is 20.1 Å². The number of piperazine rings is 1. The first-order valence-corrected chi connectivity index (χ1v) is 15.4. The van der Waals surface area contributed by atoms with Crippen LogP contribution >= 0.6 is 46.4 Å². The number of allylic oxidation sites excluding steroid dienone is 2. The third-order valence-corrected chi connectivity index (χ3v) is 9.55. The highest BCUT2D eigenvalue weighted by Gasteiger charge is 2.33. The molecule has 1 aromatic carbocycles. The van der Waals surface area contributed by atoms with E-state index < -0.39 is 32.7 Å². The minimum atomic E-state index is -1.11. The van der Waals surface area contributed by atoms with Crippen LogP contribution in [0.1, 0.15) is 26.3 Å². The molecule has 2 aromatic heterocycles. The Morgan fingerprint density at radius 2 is 1.87 bits per heavy atom. The Hall–Kier alpha value is -3.75. The van der Waals surface area contributed by atoms with E-state index >= 15 is 4.39 Å². The zero-order valence-corrected chi connectivity index (χ0v) is 27.4. The minimum absolute atomic E-state index is 0.00956. The van der Waals surface area contributed by atoms with Crippen molar-refractivity contribution in [2.24, 2.45) is 5.92 Å². The Bertz CT molecular complexity index is 1910. The predicted molar refractivity (Wildman–Crippen MR) is 177 cm³/mol. The first-order chi connectivity index (χ1) is 21.3. The van der Waals surface area contributed by atoms with Gasteiger partial charge >= 0.3 is 0 Å². The van der Waals surface area contributed by atoms with Crippen LogP contribution in [-0.4, -0.2) is 57.7 Å². The molecule has 2 N–H and O–H groups in total. The lowest BCUT2D eigenvalue weighted by Crippen LogP contribution is -2.49. The van der Waals surface area contributed by atoms with Gasteiger partial charge < -0.3 is 20.2 Å². The third-order valence-electron chi connectivity index (χ3n) is 7.96. The molecule has 14 heteroatoms. The zero-order chi connectivity index (χ0) is 32.9. The van der Waals surface area contributed by atoms with Crippen LogP contribution in [0.25, 0.3) is 28.0 Å². The smallest absolute Gasteiger partial charge is 0.276 e. The number of fused-ring (bicyclic) bond motifs is 1. The van der Waals surface area contributed by atoms with Gasteiger partial charge in [0.25, 0.3) is 5.56 Å². The van der Waals surface area contributed by atoms with E-state index in [1.165, 1.54) is 16.7 Å². The standard InChI is InChI=1S/C31H27Cl4FN6O3/c1-5-19(43)40-8-10-41(11-9-40)28-16-12-18(32)26(20-24(36)22(34)21(33)23(35)29(20)44)39-30(16)42(31(45)17(28)13-37)27-15(4)6-7-38-25(27)14(2)3/h5-7,12,14,25,38,44H,1,8-11H2,2-4H3. The SMILES string of the molecule is C=CC(=O)N1CCN(c2c(C#N)c(=O)n(C3=C(C)C=CNC3C(C)C)c3nc(-c4c(O)c(Cl)c(Cl)c(Cl)c4F)c(Cl)cc23)CC1. The molecular formula is C31H27Cl4FN6O3. The molecule has 1 unspecified atom stereocenters. The molecule has 9 nitrogen and oxygen atoms in total. The number of rotatable bonds is 5. The van der Waals surface area contributed by atoms with Crippen molar-refractivity contribution in [2.75, 3.05) is 31.1 Å². The Morgan fingerprint density at radius 3 is 2.47 bits per heavy atom. The number of carbonyl (C=O) groups excluding carboxylic acids is 1. The summed E-state index contributed by atoms with van der Waals surface area (Å²) in [4.78, 5) is 34.8. The number of halogens is 5. The van der Waals surface area contributed by atoms with Crippen molar-refractivity contribution >= 4 is 74.7 Å². The molecule has 234 valence electrons. The predicted octanol–water partition coefficient (Wildman–Crippen LogP) is 6.60. The van der Waals surface area contributed by atoms with Gasteiger partial charge in [0, 0.05) is 31.6 Å². The largest absolute Gasteiger partial charge is 0.506 e. The van der Waals surface area contributed by atoms with Gasteiger partial charge in [-0.15, -0.1) is 0 Å². The maximum Gasteiger partial charge on any atom is 0.276 e. The lowest BCUT2D eigenvalue weighted by molar-refractivity contribution is -0.126. The lowest BCUT2D eigenvalue weighted by Gasteiger charge is -2.37. The maximum atomic E-state index is 15.6. The second-order valence-electron chi connectivity index (χ2n) is 11.0. The van der Waals surface area contributed by atoms with Crippen LogP contribution in [0.15, 0.2) is 41.4 Å². The van der Waals surface area contributed by atoms with E-state index in [-0.39, 0.29) is 50.5 Å². The number of hydrogen-bond donors (Lipinski definition) is 2. The summed E-state index contributed by atoms with van der Waals surface area (Å²) in [6, 6.07) is 3.19. The number of aromatic hydroxyl groups is 1. The van der Waals surface area contributed by atoms with Crippen LogP contribution in [0.3, 0.4) is 0 Å². The van der Waals surface area contributed by atoms with Gasteiger partial charge in [0.1, 0.15) is 28.1 Å². The van der Waals surface area contributed by atoms with Crippen molar-refractivity contribution in [1.82, 2.24) is 19.8 Å². The van der Waals surface area contributed by atoms with E-state index in [1.807, 2.05) is 25.7 Å². The minimum Gasteiger partial charge on any atom is -0.506 e. The van der Waals surface area contributed by atoms with Crippen molar-refractivity contribution in [1.29, 1.82) is 5.26 Å². The van der Waals surface area contributed by atoms with E-state index in [2.05, 4.69) is 18.0 Å². The molecule has 5 rings (SSSR count). The van der Waals surface area contributed by atoms with E-state index in [9.17, 15) is 20.0 Å². The van der Waals surface area contributed by atoms with E-state index in [4.69, 9.17) is 51.4 Å². The number of benzene rings is 1. The molecule has 0 radical (unpaired) electrons. The lowest BCUT2D eigenvalue weighted by atomic mass is 9.94. The van der Waals surface area contributed by atoms with E-state index in [1.54, 1.807) is 17.2 Å². The molecule has 1 fully saturated rings. The van der Waals surface area contributed by atoms with Crippen LogP contribution in [-0.2, 0) is 4.79 Å². The number of hydrogen-bond acceptors (Lipinski definition) is 7. The van der Waals surface area contributed by atoms with Gasteiger partial charge in [-0.2, -0.15) is 5.26 Å². The molecule has 0 saturated carbocycles. The Balaban J connectivity index is 1.90. The van der Waals surface area contributed by atoms with Crippen molar-refractivity contribution in [2.45, 2.75) is 26.8 Å².